The quantitative estimate of drug-likeness (QED) is 0.407. The molecular formula is C23H23NO3S. The highest BCUT2D eigenvalue weighted by Crippen LogP contribution is 2.15. The van der Waals surface area contributed by atoms with Crippen LogP contribution in [0.5, 0.6) is 5.75 Å². The molecule has 0 aromatic heterocycles. The lowest BCUT2D eigenvalue weighted by molar-refractivity contribution is 0.311. The Bertz CT molecular complexity index is 1010. The second-order valence-corrected chi connectivity index (χ2v) is 8.16. The van der Waals surface area contributed by atoms with E-state index in [-0.39, 0.29) is 4.90 Å². The van der Waals surface area contributed by atoms with Crippen LogP contribution in [0.4, 0.5) is 0 Å². The van der Waals surface area contributed by atoms with E-state index in [4.69, 9.17) is 4.74 Å². The van der Waals surface area contributed by atoms with Gasteiger partial charge in [0.25, 0.3) is 10.0 Å². The van der Waals surface area contributed by atoms with Gasteiger partial charge >= 0.3 is 0 Å². The zero-order valence-electron chi connectivity index (χ0n) is 15.8. The smallest absolute Gasteiger partial charge is 0.282 e. The fraction of sp³-hybridized carbons (Fsp3) is 0.174. The van der Waals surface area contributed by atoms with Crippen molar-refractivity contribution in [3.63, 3.8) is 0 Å². The summed E-state index contributed by atoms with van der Waals surface area (Å²) in [6, 6.07) is 24.2. The number of sulfonamides is 1. The number of hydrogen-bond acceptors (Lipinski definition) is 3. The van der Waals surface area contributed by atoms with Gasteiger partial charge in [-0.3, -0.25) is 0 Å². The molecule has 4 nitrogen and oxygen atoms in total. The minimum Gasteiger partial charge on any atom is -0.494 e. The predicted octanol–water partition coefficient (Wildman–Crippen LogP) is 4.81. The van der Waals surface area contributed by atoms with Crippen molar-refractivity contribution in [1.29, 1.82) is 0 Å². The maximum atomic E-state index is 12.3. The van der Waals surface area contributed by atoms with E-state index in [1.54, 1.807) is 36.4 Å². The molecule has 0 heterocycles. The van der Waals surface area contributed by atoms with Gasteiger partial charge in [-0.15, -0.1) is 0 Å². The van der Waals surface area contributed by atoms with E-state index < -0.39 is 10.0 Å². The summed E-state index contributed by atoms with van der Waals surface area (Å²) in [5, 5.41) is 0. The molecule has 0 atom stereocenters. The first-order valence-corrected chi connectivity index (χ1v) is 10.6. The molecule has 0 aliphatic carbocycles. The normalized spacial score (nSPS) is 11.6. The maximum Gasteiger partial charge on any atom is 0.282 e. The fourth-order valence-corrected chi connectivity index (χ4v) is 3.52. The Kier molecular flexibility index (Phi) is 6.61. The molecule has 3 aromatic carbocycles. The molecule has 144 valence electrons. The third kappa shape index (κ3) is 5.79. The SMILES string of the molecule is Cc1ccc(S(=O)(=O)/N=C\c2ccc(OCCCc3ccccc3)cc2)cc1. The highest BCUT2D eigenvalue weighted by atomic mass is 32.2. The molecule has 0 bridgehead atoms. The monoisotopic (exact) mass is 393 g/mol. The molecular weight excluding hydrogens is 370 g/mol. The van der Waals surface area contributed by atoms with Gasteiger partial charge in [-0.05, 0) is 67.3 Å². The standard InChI is InChI=1S/C23H23NO3S/c1-19-9-15-23(16-10-19)28(25,26)24-18-21-11-13-22(14-12-21)27-17-5-8-20-6-3-2-4-7-20/h2-4,6-7,9-16,18H,5,8,17H2,1H3/b24-18-. The predicted molar refractivity (Wildman–Crippen MR) is 113 cm³/mol. The zero-order valence-corrected chi connectivity index (χ0v) is 16.6. The van der Waals surface area contributed by atoms with Gasteiger partial charge in [0.05, 0.1) is 11.5 Å². The van der Waals surface area contributed by atoms with Crippen LogP contribution in [0.2, 0.25) is 0 Å². The molecule has 0 saturated carbocycles. The molecule has 0 fully saturated rings. The fourth-order valence-electron chi connectivity index (χ4n) is 2.66. The van der Waals surface area contributed by atoms with E-state index in [0.717, 1.165) is 24.2 Å². The van der Waals surface area contributed by atoms with Crippen LogP contribution < -0.4 is 4.74 Å². The summed E-state index contributed by atoms with van der Waals surface area (Å²) in [5.74, 6) is 0.756. The van der Waals surface area contributed by atoms with Gasteiger partial charge in [0.15, 0.2) is 0 Å². The van der Waals surface area contributed by atoms with Gasteiger partial charge in [-0.1, -0.05) is 48.0 Å². The Labute approximate surface area is 166 Å². The van der Waals surface area contributed by atoms with Crippen LogP contribution in [0.1, 0.15) is 23.1 Å². The second kappa shape index (κ2) is 9.33. The third-order valence-electron chi connectivity index (χ3n) is 4.26. The van der Waals surface area contributed by atoms with Crippen molar-refractivity contribution in [2.75, 3.05) is 6.61 Å². The van der Waals surface area contributed by atoms with Crippen molar-refractivity contribution in [3.05, 3.63) is 95.6 Å². The van der Waals surface area contributed by atoms with E-state index in [1.165, 1.54) is 11.8 Å². The van der Waals surface area contributed by atoms with Crippen molar-refractivity contribution in [1.82, 2.24) is 0 Å². The Morgan fingerprint density at radius 2 is 1.57 bits per heavy atom. The molecule has 0 aliphatic heterocycles. The first-order chi connectivity index (χ1) is 13.5. The lowest BCUT2D eigenvalue weighted by Gasteiger charge is -2.06. The molecule has 5 heteroatoms. The summed E-state index contributed by atoms with van der Waals surface area (Å²) >= 11 is 0. The first-order valence-electron chi connectivity index (χ1n) is 9.17. The van der Waals surface area contributed by atoms with Crippen molar-refractivity contribution in [2.24, 2.45) is 4.40 Å². The van der Waals surface area contributed by atoms with Crippen LogP contribution in [0.25, 0.3) is 0 Å². The van der Waals surface area contributed by atoms with Crippen LogP contribution in [0, 0.1) is 6.92 Å². The summed E-state index contributed by atoms with van der Waals surface area (Å²) in [7, 11) is -3.69. The molecule has 0 unspecified atom stereocenters. The Balaban J connectivity index is 1.52. The number of benzene rings is 3. The highest BCUT2D eigenvalue weighted by molar-refractivity contribution is 7.90. The lowest BCUT2D eigenvalue weighted by atomic mass is 10.1. The van der Waals surface area contributed by atoms with Gasteiger partial charge < -0.3 is 4.74 Å². The van der Waals surface area contributed by atoms with Crippen molar-refractivity contribution in [3.8, 4) is 5.75 Å². The first kappa shape index (κ1) is 19.8. The van der Waals surface area contributed by atoms with Crippen LogP contribution in [-0.4, -0.2) is 21.2 Å². The topological polar surface area (TPSA) is 55.7 Å². The molecule has 0 radical (unpaired) electrons. The number of hydrogen-bond donors (Lipinski definition) is 0. The maximum absolute atomic E-state index is 12.3. The van der Waals surface area contributed by atoms with E-state index in [0.29, 0.717) is 12.2 Å². The van der Waals surface area contributed by atoms with E-state index >= 15 is 0 Å². The Morgan fingerprint density at radius 3 is 2.25 bits per heavy atom. The summed E-state index contributed by atoms with van der Waals surface area (Å²) in [5.41, 5.74) is 3.00. The zero-order chi connectivity index (χ0) is 19.8. The number of ether oxygens (including phenoxy) is 1. The molecule has 3 rings (SSSR count). The lowest BCUT2D eigenvalue weighted by Crippen LogP contribution is -2.00. The van der Waals surface area contributed by atoms with Gasteiger partial charge in [0.2, 0.25) is 0 Å². The molecule has 3 aromatic rings. The van der Waals surface area contributed by atoms with E-state index in [1.807, 2.05) is 37.3 Å². The van der Waals surface area contributed by atoms with Crippen LogP contribution in [0.3, 0.4) is 0 Å². The average molecular weight is 394 g/mol. The van der Waals surface area contributed by atoms with Crippen LogP contribution >= 0.6 is 0 Å². The largest absolute Gasteiger partial charge is 0.494 e. The average Bonchev–Trinajstić information content (AvgIpc) is 2.72. The van der Waals surface area contributed by atoms with Crippen molar-refractivity contribution >= 4 is 16.2 Å². The van der Waals surface area contributed by atoms with Gasteiger partial charge in [0.1, 0.15) is 5.75 Å². The third-order valence-corrected chi connectivity index (χ3v) is 5.51. The van der Waals surface area contributed by atoms with E-state index in [9.17, 15) is 8.42 Å². The van der Waals surface area contributed by atoms with Crippen LogP contribution in [-0.2, 0) is 16.4 Å². The summed E-state index contributed by atoms with van der Waals surface area (Å²) in [4.78, 5) is 0.188. The molecule has 0 aliphatic rings. The van der Waals surface area contributed by atoms with Gasteiger partial charge in [-0.25, -0.2) is 0 Å². The minimum atomic E-state index is -3.69. The molecule has 28 heavy (non-hydrogen) atoms. The Morgan fingerprint density at radius 1 is 0.893 bits per heavy atom. The summed E-state index contributed by atoms with van der Waals surface area (Å²) < 4.78 is 34.0. The molecule has 0 spiro atoms. The molecule has 0 saturated heterocycles. The van der Waals surface area contributed by atoms with Crippen LogP contribution in [0.15, 0.2) is 88.2 Å². The van der Waals surface area contributed by atoms with Crippen molar-refractivity contribution in [2.45, 2.75) is 24.7 Å². The number of rotatable bonds is 8. The number of nitrogens with zero attached hydrogens (tertiary/aromatic N) is 1. The second-order valence-electron chi connectivity index (χ2n) is 6.53. The Hall–Kier alpha value is -2.92. The summed E-state index contributed by atoms with van der Waals surface area (Å²) in [6.07, 6.45) is 3.26. The minimum absolute atomic E-state index is 0.188. The van der Waals surface area contributed by atoms with E-state index in [2.05, 4.69) is 16.5 Å². The highest BCUT2D eigenvalue weighted by Gasteiger charge is 2.10. The number of aryl methyl sites for hydroxylation is 2. The molecule has 0 N–H and O–H groups in total. The van der Waals surface area contributed by atoms with Crippen molar-refractivity contribution < 1.29 is 13.2 Å². The molecule has 0 amide bonds. The summed E-state index contributed by atoms with van der Waals surface area (Å²) in [6.45, 7) is 2.54. The van der Waals surface area contributed by atoms with Gasteiger partial charge in [-0.2, -0.15) is 12.8 Å². The van der Waals surface area contributed by atoms with Gasteiger partial charge in [0, 0.05) is 6.21 Å².